The zero-order chi connectivity index (χ0) is 14.4. The first-order valence-electron chi connectivity index (χ1n) is 7.40. The van der Waals surface area contributed by atoms with Crippen LogP contribution in [0.4, 0.5) is 0 Å². The van der Waals surface area contributed by atoms with Crippen molar-refractivity contribution in [2.75, 3.05) is 33.8 Å². The van der Waals surface area contributed by atoms with Crippen LogP contribution in [0.25, 0.3) is 0 Å². The molecule has 0 amide bonds. The Labute approximate surface area is 117 Å². The first kappa shape index (κ1) is 18.4. The molecule has 18 heavy (non-hydrogen) atoms. The molecular weight excluding hydrogens is 254 g/mol. The molecule has 0 aliphatic carbocycles. The highest BCUT2D eigenvalue weighted by atomic mass is 28.3. The van der Waals surface area contributed by atoms with E-state index in [-0.39, 0.29) is 0 Å². The van der Waals surface area contributed by atoms with Crippen LogP contribution in [0, 0.1) is 0 Å². The van der Waals surface area contributed by atoms with Crippen LogP contribution >= 0.6 is 0 Å². The van der Waals surface area contributed by atoms with Gasteiger partial charge in [0, 0.05) is 16.1 Å². The molecule has 0 atom stereocenters. The third kappa shape index (κ3) is 10.3. The molecule has 0 fully saturated rings. The van der Waals surface area contributed by atoms with Gasteiger partial charge in [-0.3, -0.25) is 0 Å². The van der Waals surface area contributed by atoms with Crippen LogP contribution in [0.2, 0.25) is 50.9 Å². The van der Waals surface area contributed by atoms with Gasteiger partial charge in [0.05, 0.1) is 27.2 Å². The fraction of sp³-hybridized carbons (Fsp3) is 1.00. The molecule has 4 heteroatoms. The second-order valence-electron chi connectivity index (χ2n) is 8.43. The summed E-state index contributed by atoms with van der Waals surface area (Å²) in [4.78, 5) is 0. The molecule has 0 aromatic heterocycles. The lowest BCUT2D eigenvalue weighted by Crippen LogP contribution is -2.43. The summed E-state index contributed by atoms with van der Waals surface area (Å²) in [5.74, 6) is 0. The molecule has 0 radical (unpaired) electrons. The summed E-state index contributed by atoms with van der Waals surface area (Å²) >= 11 is 0. The molecule has 0 aromatic carbocycles. The SMILES string of the molecule is C[N+](C)(CCO)CCC[Si](C)(C)CC[Si](C)(C)C. The van der Waals surface area contributed by atoms with E-state index in [4.69, 9.17) is 5.11 Å². The normalized spacial score (nSPS) is 14.0. The smallest absolute Gasteiger partial charge is 0.102 e. The van der Waals surface area contributed by atoms with Crippen molar-refractivity contribution in [2.45, 2.75) is 57.3 Å². The Bertz CT molecular complexity index is 234. The molecule has 0 unspecified atom stereocenters. The molecule has 2 nitrogen and oxygen atoms in total. The van der Waals surface area contributed by atoms with Gasteiger partial charge in [-0.25, -0.2) is 0 Å². The standard InChI is InChI=1S/C14H36NOSi2/c1-15(2,10-11-16)9-8-12-18(6,7)14-13-17(3,4)5/h16H,8-14H2,1-7H3/q+1. The van der Waals surface area contributed by atoms with E-state index in [2.05, 4.69) is 46.8 Å². The summed E-state index contributed by atoms with van der Waals surface area (Å²) in [6.07, 6.45) is 1.33. The Morgan fingerprint density at radius 2 is 1.39 bits per heavy atom. The van der Waals surface area contributed by atoms with Crippen LogP contribution in [0.5, 0.6) is 0 Å². The van der Waals surface area contributed by atoms with Gasteiger partial charge in [0.2, 0.25) is 0 Å². The minimum absolute atomic E-state index is 0.309. The monoisotopic (exact) mass is 290 g/mol. The zero-order valence-corrected chi connectivity index (χ0v) is 15.8. The minimum atomic E-state index is -0.974. The van der Waals surface area contributed by atoms with Crippen molar-refractivity contribution in [3.63, 3.8) is 0 Å². The van der Waals surface area contributed by atoms with Crippen LogP contribution in [0.15, 0.2) is 0 Å². The van der Waals surface area contributed by atoms with Crippen molar-refractivity contribution in [2.24, 2.45) is 0 Å². The maximum absolute atomic E-state index is 9.03. The van der Waals surface area contributed by atoms with Crippen molar-refractivity contribution in [1.82, 2.24) is 0 Å². The largest absolute Gasteiger partial charge is 0.391 e. The van der Waals surface area contributed by atoms with E-state index >= 15 is 0 Å². The van der Waals surface area contributed by atoms with Crippen molar-refractivity contribution in [3.8, 4) is 0 Å². The highest BCUT2D eigenvalue weighted by Gasteiger charge is 2.25. The molecule has 0 aliphatic rings. The molecular formula is C14H36NOSi2+. The maximum Gasteiger partial charge on any atom is 0.102 e. The molecule has 0 saturated carbocycles. The Morgan fingerprint density at radius 3 is 1.83 bits per heavy atom. The fourth-order valence-corrected chi connectivity index (χ4v) is 9.28. The lowest BCUT2D eigenvalue weighted by atomic mass is 10.4. The Balaban J connectivity index is 3.97. The van der Waals surface area contributed by atoms with Gasteiger partial charge >= 0.3 is 0 Å². The van der Waals surface area contributed by atoms with Gasteiger partial charge in [-0.1, -0.05) is 50.9 Å². The second kappa shape index (κ2) is 7.22. The summed E-state index contributed by atoms with van der Waals surface area (Å²) in [7, 11) is 2.63. The highest BCUT2D eigenvalue weighted by Crippen LogP contribution is 2.24. The van der Waals surface area contributed by atoms with Gasteiger partial charge in [0.1, 0.15) is 6.54 Å². The molecule has 1 N–H and O–H groups in total. The van der Waals surface area contributed by atoms with Gasteiger partial charge < -0.3 is 9.59 Å². The number of hydrogen-bond donors (Lipinski definition) is 1. The first-order valence-corrected chi connectivity index (χ1v) is 14.5. The number of rotatable bonds is 9. The molecule has 0 bridgehead atoms. The summed E-state index contributed by atoms with van der Waals surface area (Å²) in [5, 5.41) is 9.03. The average molecular weight is 291 g/mol. The van der Waals surface area contributed by atoms with Crippen molar-refractivity contribution in [1.29, 1.82) is 0 Å². The molecule has 0 rings (SSSR count). The predicted molar refractivity (Wildman–Crippen MR) is 88.8 cm³/mol. The van der Waals surface area contributed by atoms with Crippen molar-refractivity contribution >= 4 is 16.1 Å². The molecule has 0 aliphatic heterocycles. The lowest BCUT2D eigenvalue weighted by molar-refractivity contribution is -0.890. The number of hydrogen-bond acceptors (Lipinski definition) is 1. The quantitative estimate of drug-likeness (QED) is 0.509. The predicted octanol–water partition coefficient (Wildman–Crippen LogP) is 3.49. The van der Waals surface area contributed by atoms with Crippen molar-refractivity contribution in [3.05, 3.63) is 0 Å². The summed E-state index contributed by atoms with van der Waals surface area (Å²) in [6.45, 7) is 15.0. The van der Waals surface area contributed by atoms with Crippen LogP contribution in [0.3, 0.4) is 0 Å². The number of likely N-dealkylation sites (N-methyl/N-ethyl adjacent to an activating group) is 1. The zero-order valence-electron chi connectivity index (χ0n) is 13.8. The fourth-order valence-electron chi connectivity index (χ4n) is 2.21. The molecule has 0 aromatic rings. The van der Waals surface area contributed by atoms with Gasteiger partial charge in [0.15, 0.2) is 0 Å². The molecule has 110 valence electrons. The van der Waals surface area contributed by atoms with E-state index in [1.807, 2.05) is 0 Å². The summed E-state index contributed by atoms with van der Waals surface area (Å²) < 4.78 is 0.967. The average Bonchev–Trinajstić information content (AvgIpc) is 2.13. The van der Waals surface area contributed by atoms with Gasteiger partial charge in [-0.15, -0.1) is 0 Å². The Hall–Kier alpha value is 0.354. The Morgan fingerprint density at radius 1 is 0.833 bits per heavy atom. The highest BCUT2D eigenvalue weighted by molar-refractivity contribution is 6.82. The molecule has 0 heterocycles. The maximum atomic E-state index is 9.03. The summed E-state index contributed by atoms with van der Waals surface area (Å²) in [5.41, 5.74) is 0. The number of aliphatic hydroxyl groups excluding tert-OH is 1. The van der Waals surface area contributed by atoms with E-state index in [0.717, 1.165) is 11.0 Å². The van der Waals surface area contributed by atoms with Gasteiger partial charge in [-0.2, -0.15) is 0 Å². The number of quaternary nitrogens is 1. The van der Waals surface area contributed by atoms with E-state index in [1.165, 1.54) is 31.1 Å². The van der Waals surface area contributed by atoms with Crippen LogP contribution in [-0.2, 0) is 0 Å². The second-order valence-corrected chi connectivity index (χ2v) is 19.4. The summed E-state index contributed by atoms with van der Waals surface area (Å²) in [6, 6.07) is 4.46. The van der Waals surface area contributed by atoms with E-state index in [9.17, 15) is 0 Å². The lowest BCUT2D eigenvalue weighted by Gasteiger charge is -2.31. The topological polar surface area (TPSA) is 20.2 Å². The van der Waals surface area contributed by atoms with Crippen LogP contribution in [-0.4, -0.2) is 59.5 Å². The first-order chi connectivity index (χ1) is 7.97. The van der Waals surface area contributed by atoms with E-state index in [0.29, 0.717) is 6.61 Å². The minimum Gasteiger partial charge on any atom is -0.391 e. The van der Waals surface area contributed by atoms with Crippen molar-refractivity contribution < 1.29 is 9.59 Å². The van der Waals surface area contributed by atoms with E-state index < -0.39 is 16.1 Å². The van der Waals surface area contributed by atoms with Gasteiger partial charge in [-0.05, 0) is 6.42 Å². The number of aliphatic hydroxyl groups is 1. The third-order valence-electron chi connectivity index (χ3n) is 3.87. The molecule has 0 spiro atoms. The molecule has 0 saturated heterocycles. The number of nitrogens with zero attached hydrogens (tertiary/aromatic N) is 1. The van der Waals surface area contributed by atoms with E-state index in [1.54, 1.807) is 0 Å². The third-order valence-corrected chi connectivity index (χ3v) is 9.43. The Kier molecular flexibility index (Phi) is 7.36. The van der Waals surface area contributed by atoms with Crippen LogP contribution < -0.4 is 0 Å². The van der Waals surface area contributed by atoms with Gasteiger partial charge in [0.25, 0.3) is 0 Å². The van der Waals surface area contributed by atoms with Crippen LogP contribution in [0.1, 0.15) is 6.42 Å².